The van der Waals surface area contributed by atoms with Crippen molar-refractivity contribution in [3.63, 3.8) is 0 Å². The first-order chi connectivity index (χ1) is 7.84. The maximum Gasteiger partial charge on any atom is 0.294 e. The minimum atomic E-state index is -1.06. The van der Waals surface area contributed by atoms with Crippen LogP contribution in [-0.4, -0.2) is 27.6 Å². The number of hydrogen-bond acceptors (Lipinski definition) is 6. The summed E-state index contributed by atoms with van der Waals surface area (Å²) in [6.07, 6.45) is -2.12. The van der Waals surface area contributed by atoms with Gasteiger partial charge in [0.25, 0.3) is 5.69 Å². The van der Waals surface area contributed by atoms with Crippen molar-refractivity contribution >= 4 is 17.1 Å². The van der Waals surface area contributed by atoms with Gasteiger partial charge < -0.3 is 20.8 Å². The molecule has 17 heavy (non-hydrogen) atoms. The van der Waals surface area contributed by atoms with Gasteiger partial charge in [-0.1, -0.05) is 0 Å². The molecule has 0 aliphatic heterocycles. The van der Waals surface area contributed by atoms with Crippen LogP contribution in [0.5, 0.6) is 0 Å². The fourth-order valence-electron chi connectivity index (χ4n) is 1.62. The number of nitrogens with two attached hydrogens (primary N) is 1. The van der Waals surface area contributed by atoms with Gasteiger partial charge in [0.05, 0.1) is 4.92 Å². The summed E-state index contributed by atoms with van der Waals surface area (Å²) in [6, 6.07) is 4.06. The van der Waals surface area contributed by atoms with E-state index in [4.69, 9.17) is 5.73 Å². The molecule has 0 aliphatic rings. The second-order valence-electron chi connectivity index (χ2n) is 3.68. The van der Waals surface area contributed by atoms with Crippen molar-refractivity contribution in [2.45, 2.75) is 26.3 Å². The SMILES string of the molecule is CC(O)N(c1ccc(N)cc1[N+](=O)[O-])C(C)O. The van der Waals surface area contributed by atoms with Crippen molar-refractivity contribution in [2.75, 3.05) is 10.6 Å². The lowest BCUT2D eigenvalue weighted by Gasteiger charge is -2.30. The monoisotopic (exact) mass is 241 g/mol. The molecule has 0 heterocycles. The maximum absolute atomic E-state index is 10.9. The van der Waals surface area contributed by atoms with E-state index >= 15 is 0 Å². The molecular weight excluding hydrogens is 226 g/mol. The maximum atomic E-state index is 10.9. The number of nitro benzene ring substituents is 1. The molecule has 1 rings (SSSR count). The minimum Gasteiger partial charge on any atom is -0.399 e. The largest absolute Gasteiger partial charge is 0.399 e. The second-order valence-corrected chi connectivity index (χ2v) is 3.68. The Morgan fingerprint density at radius 2 is 1.88 bits per heavy atom. The third-order valence-electron chi connectivity index (χ3n) is 2.28. The van der Waals surface area contributed by atoms with Gasteiger partial charge in [-0.3, -0.25) is 10.1 Å². The molecule has 94 valence electrons. The lowest BCUT2D eigenvalue weighted by Crippen LogP contribution is -2.40. The number of benzene rings is 1. The quantitative estimate of drug-likeness (QED) is 0.309. The van der Waals surface area contributed by atoms with Crippen LogP contribution in [0.2, 0.25) is 0 Å². The van der Waals surface area contributed by atoms with Gasteiger partial charge in [-0.15, -0.1) is 0 Å². The summed E-state index contributed by atoms with van der Waals surface area (Å²) >= 11 is 0. The van der Waals surface area contributed by atoms with E-state index in [9.17, 15) is 20.3 Å². The summed E-state index contributed by atoms with van der Waals surface area (Å²) < 4.78 is 0. The standard InChI is InChI=1S/C10H15N3O4/c1-6(14)12(7(2)15)9-4-3-8(11)5-10(9)13(16)17/h3-7,14-15H,11H2,1-2H3. The van der Waals surface area contributed by atoms with E-state index in [1.165, 1.54) is 32.0 Å². The fourth-order valence-corrected chi connectivity index (χ4v) is 1.62. The van der Waals surface area contributed by atoms with Crippen LogP contribution in [0.25, 0.3) is 0 Å². The number of hydrogen-bond donors (Lipinski definition) is 3. The van der Waals surface area contributed by atoms with Crippen LogP contribution < -0.4 is 10.6 Å². The zero-order valence-electron chi connectivity index (χ0n) is 9.57. The van der Waals surface area contributed by atoms with Gasteiger partial charge in [-0.2, -0.15) is 0 Å². The first-order valence-corrected chi connectivity index (χ1v) is 5.03. The van der Waals surface area contributed by atoms with Crippen LogP contribution in [0.4, 0.5) is 17.1 Å². The molecule has 0 aromatic heterocycles. The molecular formula is C10H15N3O4. The minimum absolute atomic E-state index is 0.120. The first-order valence-electron chi connectivity index (χ1n) is 5.03. The molecule has 0 amide bonds. The van der Waals surface area contributed by atoms with Crippen molar-refractivity contribution in [1.82, 2.24) is 0 Å². The van der Waals surface area contributed by atoms with Crippen molar-refractivity contribution in [3.8, 4) is 0 Å². The first kappa shape index (κ1) is 13.2. The smallest absolute Gasteiger partial charge is 0.294 e. The van der Waals surface area contributed by atoms with E-state index in [0.717, 1.165) is 4.90 Å². The highest BCUT2D eigenvalue weighted by Gasteiger charge is 2.25. The highest BCUT2D eigenvalue weighted by atomic mass is 16.6. The Bertz CT molecular complexity index is 412. The van der Waals surface area contributed by atoms with Crippen LogP contribution in [0.3, 0.4) is 0 Å². The lowest BCUT2D eigenvalue weighted by atomic mass is 10.2. The molecule has 0 radical (unpaired) electrons. The zero-order valence-corrected chi connectivity index (χ0v) is 9.57. The highest BCUT2D eigenvalue weighted by molar-refractivity contribution is 5.68. The van der Waals surface area contributed by atoms with E-state index in [-0.39, 0.29) is 17.1 Å². The molecule has 2 unspecified atom stereocenters. The van der Waals surface area contributed by atoms with E-state index < -0.39 is 17.4 Å². The van der Waals surface area contributed by atoms with Crippen LogP contribution in [0.15, 0.2) is 18.2 Å². The van der Waals surface area contributed by atoms with Crippen molar-refractivity contribution in [2.24, 2.45) is 0 Å². The Morgan fingerprint density at radius 3 is 2.29 bits per heavy atom. The Balaban J connectivity index is 3.32. The molecule has 0 fully saturated rings. The lowest BCUT2D eigenvalue weighted by molar-refractivity contribution is -0.384. The van der Waals surface area contributed by atoms with Crippen LogP contribution >= 0.6 is 0 Å². The van der Waals surface area contributed by atoms with E-state index in [1.54, 1.807) is 0 Å². The summed E-state index contributed by atoms with van der Waals surface area (Å²) in [5.41, 5.74) is 5.58. The number of rotatable bonds is 4. The van der Waals surface area contributed by atoms with Gasteiger partial charge in [0.15, 0.2) is 0 Å². The van der Waals surface area contributed by atoms with Gasteiger partial charge >= 0.3 is 0 Å². The average molecular weight is 241 g/mol. The molecule has 0 aliphatic carbocycles. The van der Waals surface area contributed by atoms with E-state index in [1.807, 2.05) is 0 Å². The number of aliphatic hydroxyl groups is 2. The van der Waals surface area contributed by atoms with Crippen molar-refractivity contribution < 1.29 is 15.1 Å². The summed E-state index contributed by atoms with van der Waals surface area (Å²) in [5.74, 6) is 0. The van der Waals surface area contributed by atoms with E-state index in [2.05, 4.69) is 0 Å². The molecule has 2 atom stereocenters. The Kier molecular flexibility index (Phi) is 3.87. The second kappa shape index (κ2) is 4.98. The van der Waals surface area contributed by atoms with Gasteiger partial charge in [-0.25, -0.2) is 0 Å². The van der Waals surface area contributed by atoms with Crippen molar-refractivity contribution in [1.29, 1.82) is 0 Å². The normalized spacial score (nSPS) is 14.1. The van der Waals surface area contributed by atoms with Gasteiger partial charge in [0, 0.05) is 11.8 Å². The fraction of sp³-hybridized carbons (Fsp3) is 0.400. The number of nitrogens with zero attached hydrogens (tertiary/aromatic N) is 2. The highest BCUT2D eigenvalue weighted by Crippen LogP contribution is 2.32. The Morgan fingerprint density at radius 1 is 1.35 bits per heavy atom. The van der Waals surface area contributed by atoms with Gasteiger partial charge in [0.1, 0.15) is 18.1 Å². The molecule has 4 N–H and O–H groups in total. The summed E-state index contributed by atoms with van der Waals surface area (Å²) in [5, 5.41) is 29.9. The third kappa shape index (κ3) is 2.83. The molecule has 1 aromatic carbocycles. The third-order valence-corrected chi connectivity index (χ3v) is 2.28. The summed E-state index contributed by atoms with van der Waals surface area (Å²) in [4.78, 5) is 11.4. The number of anilines is 2. The molecule has 0 saturated heterocycles. The molecule has 7 nitrogen and oxygen atoms in total. The Hall–Kier alpha value is -1.86. The van der Waals surface area contributed by atoms with Crippen LogP contribution in [-0.2, 0) is 0 Å². The van der Waals surface area contributed by atoms with E-state index in [0.29, 0.717) is 0 Å². The zero-order chi connectivity index (χ0) is 13.2. The molecule has 7 heteroatoms. The predicted octanol–water partition coefficient (Wildman–Crippen LogP) is 0.660. The number of aliphatic hydroxyl groups excluding tert-OH is 2. The van der Waals surface area contributed by atoms with Crippen LogP contribution in [0.1, 0.15) is 13.8 Å². The average Bonchev–Trinajstić information content (AvgIpc) is 2.19. The topological polar surface area (TPSA) is 113 Å². The number of nitro groups is 1. The van der Waals surface area contributed by atoms with Gasteiger partial charge in [0.2, 0.25) is 0 Å². The summed E-state index contributed by atoms with van der Waals surface area (Å²) in [6.45, 7) is 2.82. The molecule has 1 aromatic rings. The predicted molar refractivity (Wildman–Crippen MR) is 63.3 cm³/mol. The Labute approximate surface area is 98.2 Å². The van der Waals surface area contributed by atoms with Crippen molar-refractivity contribution in [3.05, 3.63) is 28.3 Å². The summed E-state index contributed by atoms with van der Waals surface area (Å²) in [7, 11) is 0. The van der Waals surface area contributed by atoms with Gasteiger partial charge in [-0.05, 0) is 26.0 Å². The molecule has 0 saturated carbocycles. The number of nitrogen functional groups attached to an aromatic ring is 1. The van der Waals surface area contributed by atoms with Crippen LogP contribution in [0, 0.1) is 10.1 Å². The molecule has 0 bridgehead atoms. The molecule has 0 spiro atoms.